The van der Waals surface area contributed by atoms with Gasteiger partial charge in [-0.25, -0.2) is 9.37 Å². The van der Waals surface area contributed by atoms with Gasteiger partial charge in [0.05, 0.1) is 12.8 Å². The third kappa shape index (κ3) is 3.35. The summed E-state index contributed by atoms with van der Waals surface area (Å²) in [6, 6.07) is 14.1. The first kappa shape index (κ1) is 15.9. The molecule has 0 spiro atoms. The van der Waals surface area contributed by atoms with Crippen molar-refractivity contribution in [2.75, 3.05) is 13.7 Å². The van der Waals surface area contributed by atoms with Crippen LogP contribution in [0.2, 0.25) is 0 Å². The maximum atomic E-state index is 13.2. The molecule has 24 heavy (non-hydrogen) atoms. The molecule has 0 radical (unpaired) electrons. The zero-order valence-corrected chi connectivity index (χ0v) is 13.4. The van der Waals surface area contributed by atoms with E-state index < -0.39 is 0 Å². The Morgan fingerprint density at radius 1 is 1.12 bits per heavy atom. The SMILES string of the molecule is C=NCCc1nc(-c2ccc(OC)cc2)cn1-c1ccc(F)cc1. The third-order valence-electron chi connectivity index (χ3n) is 3.76. The monoisotopic (exact) mass is 323 g/mol. The number of ether oxygens (including phenoxy) is 1. The van der Waals surface area contributed by atoms with Gasteiger partial charge in [-0.3, -0.25) is 0 Å². The first-order valence-electron chi connectivity index (χ1n) is 7.62. The van der Waals surface area contributed by atoms with Gasteiger partial charge in [0.25, 0.3) is 0 Å². The van der Waals surface area contributed by atoms with Gasteiger partial charge < -0.3 is 14.3 Å². The van der Waals surface area contributed by atoms with Crippen molar-refractivity contribution in [1.82, 2.24) is 9.55 Å². The van der Waals surface area contributed by atoms with Crippen LogP contribution in [0.15, 0.2) is 59.7 Å². The summed E-state index contributed by atoms with van der Waals surface area (Å²) in [5.74, 6) is 1.40. The van der Waals surface area contributed by atoms with Gasteiger partial charge in [-0.1, -0.05) is 0 Å². The van der Waals surface area contributed by atoms with Crippen molar-refractivity contribution in [1.29, 1.82) is 0 Å². The predicted molar refractivity (Wildman–Crippen MR) is 93.6 cm³/mol. The fourth-order valence-corrected chi connectivity index (χ4v) is 2.50. The van der Waals surface area contributed by atoms with Gasteiger partial charge in [0.2, 0.25) is 0 Å². The summed E-state index contributed by atoms with van der Waals surface area (Å²) in [4.78, 5) is 8.62. The van der Waals surface area contributed by atoms with Crippen molar-refractivity contribution in [3.05, 3.63) is 66.4 Å². The van der Waals surface area contributed by atoms with Crippen LogP contribution in [-0.2, 0) is 6.42 Å². The van der Waals surface area contributed by atoms with E-state index in [2.05, 4.69) is 11.7 Å². The fraction of sp³-hybridized carbons (Fsp3) is 0.158. The maximum Gasteiger partial charge on any atom is 0.123 e. The minimum atomic E-state index is -0.261. The Hall–Kier alpha value is -2.95. The van der Waals surface area contributed by atoms with E-state index in [9.17, 15) is 4.39 Å². The molecule has 0 bridgehead atoms. The van der Waals surface area contributed by atoms with Gasteiger partial charge in [0.15, 0.2) is 0 Å². The zero-order chi connectivity index (χ0) is 16.9. The lowest BCUT2D eigenvalue weighted by Crippen LogP contribution is -2.02. The number of halogens is 1. The second kappa shape index (κ2) is 7.08. The van der Waals surface area contributed by atoms with Crippen molar-refractivity contribution >= 4 is 6.72 Å². The molecule has 0 amide bonds. The molecule has 122 valence electrons. The van der Waals surface area contributed by atoms with Gasteiger partial charge in [0, 0.05) is 30.4 Å². The number of hydrogen-bond acceptors (Lipinski definition) is 3. The number of hydrogen-bond donors (Lipinski definition) is 0. The van der Waals surface area contributed by atoms with Gasteiger partial charge in [-0.05, 0) is 55.2 Å². The molecular weight excluding hydrogens is 305 g/mol. The van der Waals surface area contributed by atoms with E-state index in [1.165, 1.54) is 12.1 Å². The van der Waals surface area contributed by atoms with Crippen LogP contribution in [0.1, 0.15) is 5.82 Å². The minimum Gasteiger partial charge on any atom is -0.497 e. The summed E-state index contributed by atoms with van der Waals surface area (Å²) in [6.07, 6.45) is 2.62. The summed E-state index contributed by atoms with van der Waals surface area (Å²) in [5, 5.41) is 0. The number of aromatic nitrogens is 2. The van der Waals surface area contributed by atoms with E-state index in [0.29, 0.717) is 13.0 Å². The first-order chi connectivity index (χ1) is 11.7. The van der Waals surface area contributed by atoms with E-state index in [1.54, 1.807) is 19.2 Å². The molecule has 5 heteroatoms. The lowest BCUT2D eigenvalue weighted by atomic mass is 10.1. The molecule has 0 aliphatic heterocycles. The average molecular weight is 323 g/mol. The molecule has 1 heterocycles. The molecule has 3 rings (SSSR count). The quantitative estimate of drug-likeness (QED) is 0.645. The number of methoxy groups -OCH3 is 1. The lowest BCUT2D eigenvalue weighted by Gasteiger charge is -2.06. The Kier molecular flexibility index (Phi) is 4.70. The third-order valence-corrected chi connectivity index (χ3v) is 3.76. The molecule has 0 fully saturated rings. The Bertz CT molecular complexity index is 823. The Balaban J connectivity index is 2.01. The molecule has 0 saturated carbocycles. The molecule has 3 aromatic rings. The van der Waals surface area contributed by atoms with E-state index >= 15 is 0 Å². The number of imidazole rings is 1. The molecule has 0 unspecified atom stereocenters. The van der Waals surface area contributed by atoms with Gasteiger partial charge in [0.1, 0.15) is 17.4 Å². The largest absolute Gasteiger partial charge is 0.497 e. The van der Waals surface area contributed by atoms with Crippen LogP contribution >= 0.6 is 0 Å². The van der Waals surface area contributed by atoms with E-state index in [-0.39, 0.29) is 5.82 Å². The lowest BCUT2D eigenvalue weighted by molar-refractivity contribution is 0.415. The minimum absolute atomic E-state index is 0.261. The molecule has 0 atom stereocenters. The molecule has 4 nitrogen and oxygen atoms in total. The normalized spacial score (nSPS) is 10.6. The van der Waals surface area contributed by atoms with Crippen LogP contribution in [0, 0.1) is 5.82 Å². The van der Waals surface area contributed by atoms with Crippen molar-refractivity contribution in [2.45, 2.75) is 6.42 Å². The molecular formula is C19H18FN3O. The highest BCUT2D eigenvalue weighted by Crippen LogP contribution is 2.24. The van der Waals surface area contributed by atoms with E-state index in [4.69, 9.17) is 9.72 Å². The predicted octanol–water partition coefficient (Wildman–Crippen LogP) is 3.93. The average Bonchev–Trinajstić information content (AvgIpc) is 3.05. The summed E-state index contributed by atoms with van der Waals surface area (Å²) in [7, 11) is 1.64. The molecule has 1 aromatic heterocycles. The van der Waals surface area contributed by atoms with Crippen LogP contribution in [0.3, 0.4) is 0 Å². The summed E-state index contributed by atoms with van der Waals surface area (Å²) >= 11 is 0. The number of aliphatic imine (C=N–C) groups is 1. The summed E-state index contributed by atoms with van der Waals surface area (Å²) < 4.78 is 20.3. The number of nitrogens with zero attached hydrogens (tertiary/aromatic N) is 3. The smallest absolute Gasteiger partial charge is 0.123 e. The van der Waals surface area contributed by atoms with Crippen molar-refractivity contribution < 1.29 is 9.13 Å². The molecule has 0 N–H and O–H groups in total. The van der Waals surface area contributed by atoms with Crippen LogP contribution in [0.4, 0.5) is 4.39 Å². The highest BCUT2D eigenvalue weighted by molar-refractivity contribution is 5.60. The molecule has 2 aromatic carbocycles. The maximum absolute atomic E-state index is 13.2. The fourth-order valence-electron chi connectivity index (χ4n) is 2.50. The van der Waals surface area contributed by atoms with Gasteiger partial charge in [-0.2, -0.15) is 0 Å². The van der Waals surface area contributed by atoms with Gasteiger partial charge in [-0.15, -0.1) is 0 Å². The van der Waals surface area contributed by atoms with Crippen LogP contribution in [0.5, 0.6) is 5.75 Å². The topological polar surface area (TPSA) is 39.4 Å². The standard InChI is InChI=1S/C19H18FN3O/c1-21-12-11-19-22-18(14-3-9-17(24-2)10-4-14)13-23(19)16-7-5-15(20)6-8-16/h3-10,13H,1,11-12H2,2H3. The molecule has 0 aliphatic rings. The van der Waals surface area contributed by atoms with E-state index in [0.717, 1.165) is 28.5 Å². The van der Waals surface area contributed by atoms with Crippen molar-refractivity contribution in [3.63, 3.8) is 0 Å². The molecule has 0 saturated heterocycles. The summed E-state index contributed by atoms with van der Waals surface area (Å²) in [5.41, 5.74) is 2.70. The highest BCUT2D eigenvalue weighted by Gasteiger charge is 2.11. The Labute approximate surface area is 140 Å². The van der Waals surface area contributed by atoms with Crippen LogP contribution in [-0.4, -0.2) is 29.9 Å². The van der Waals surface area contributed by atoms with Crippen LogP contribution < -0.4 is 4.74 Å². The van der Waals surface area contributed by atoms with E-state index in [1.807, 2.05) is 35.0 Å². The first-order valence-corrected chi connectivity index (χ1v) is 7.62. The van der Waals surface area contributed by atoms with Gasteiger partial charge >= 0.3 is 0 Å². The van der Waals surface area contributed by atoms with Crippen LogP contribution in [0.25, 0.3) is 16.9 Å². The highest BCUT2D eigenvalue weighted by atomic mass is 19.1. The zero-order valence-electron chi connectivity index (χ0n) is 13.4. The Morgan fingerprint density at radius 2 is 1.83 bits per heavy atom. The number of benzene rings is 2. The second-order valence-electron chi connectivity index (χ2n) is 5.31. The molecule has 0 aliphatic carbocycles. The second-order valence-corrected chi connectivity index (χ2v) is 5.31. The Morgan fingerprint density at radius 3 is 2.46 bits per heavy atom. The summed E-state index contributed by atoms with van der Waals surface area (Å²) in [6.45, 7) is 4.11. The van der Waals surface area contributed by atoms with Crippen molar-refractivity contribution in [2.24, 2.45) is 4.99 Å². The van der Waals surface area contributed by atoms with Crippen molar-refractivity contribution in [3.8, 4) is 22.7 Å². The number of rotatable bonds is 6.